The fourth-order valence-electron chi connectivity index (χ4n) is 2.68. The van der Waals surface area contributed by atoms with Gasteiger partial charge in [-0.3, -0.25) is 0 Å². The van der Waals surface area contributed by atoms with E-state index in [-0.39, 0.29) is 6.10 Å². The van der Waals surface area contributed by atoms with E-state index in [0.717, 1.165) is 51.4 Å². The molecule has 0 radical (unpaired) electrons. The monoisotopic (exact) mass is 316 g/mol. The third-order valence-corrected chi connectivity index (χ3v) is 4.19. The first-order chi connectivity index (χ1) is 10.6. The molecule has 0 amide bonds. The molecule has 0 fully saturated rings. The van der Waals surface area contributed by atoms with E-state index in [1.807, 2.05) is 0 Å². The summed E-state index contributed by atoms with van der Waals surface area (Å²) < 4.78 is 0. The molecule has 2 atom stereocenters. The maximum atomic E-state index is 10.4. The predicted octanol–water partition coefficient (Wildman–Crippen LogP) is 4.27. The zero-order valence-electron chi connectivity index (χ0n) is 14.3. The zero-order chi connectivity index (χ0) is 16.6. The molecule has 0 bridgehead atoms. The van der Waals surface area contributed by atoms with Gasteiger partial charge in [0.25, 0.3) is 0 Å². The minimum atomic E-state index is -1.21. The van der Waals surface area contributed by atoms with Crippen molar-refractivity contribution in [1.82, 2.24) is 0 Å². The molecule has 0 aromatic rings. The Morgan fingerprint density at radius 2 is 1.14 bits per heavy atom. The average Bonchev–Trinajstić information content (AvgIpc) is 2.49. The van der Waals surface area contributed by atoms with E-state index >= 15 is 0 Å². The number of unbranched alkanes of at least 4 members (excludes halogenated alkanes) is 9. The summed E-state index contributed by atoms with van der Waals surface area (Å²) in [5.74, 6) is -1.13. The van der Waals surface area contributed by atoms with Crippen molar-refractivity contribution in [2.75, 3.05) is 0 Å². The second kappa shape index (κ2) is 15.3. The molecule has 0 aromatic heterocycles. The quantitative estimate of drug-likeness (QED) is 0.371. The van der Waals surface area contributed by atoms with Crippen LogP contribution in [-0.4, -0.2) is 33.5 Å². The molecule has 0 heterocycles. The van der Waals surface area contributed by atoms with Crippen LogP contribution < -0.4 is 0 Å². The van der Waals surface area contributed by atoms with Crippen LogP contribution in [0.25, 0.3) is 0 Å². The van der Waals surface area contributed by atoms with Crippen molar-refractivity contribution in [3.05, 3.63) is 0 Å². The first-order valence-corrected chi connectivity index (χ1v) is 9.16. The number of aliphatic hydroxyl groups excluding tert-OH is 2. The third kappa shape index (κ3) is 14.3. The highest BCUT2D eigenvalue weighted by molar-refractivity contribution is 5.71. The van der Waals surface area contributed by atoms with E-state index in [4.69, 9.17) is 10.2 Å². The smallest absolute Gasteiger partial charge is 0.332 e. The largest absolute Gasteiger partial charge is 0.479 e. The van der Waals surface area contributed by atoms with E-state index in [2.05, 4.69) is 6.92 Å². The molecular weight excluding hydrogens is 280 g/mol. The van der Waals surface area contributed by atoms with Crippen molar-refractivity contribution in [2.45, 2.75) is 109 Å². The number of hydrogen-bond donors (Lipinski definition) is 3. The van der Waals surface area contributed by atoms with Gasteiger partial charge in [0, 0.05) is 0 Å². The van der Waals surface area contributed by atoms with Crippen molar-refractivity contribution >= 4 is 5.97 Å². The van der Waals surface area contributed by atoms with Gasteiger partial charge in [-0.2, -0.15) is 0 Å². The lowest BCUT2D eigenvalue weighted by atomic mass is 10.0. The molecule has 0 aliphatic rings. The number of carboxylic acid groups (broad SMARTS) is 1. The molecule has 0 rings (SSSR count). The molecule has 22 heavy (non-hydrogen) atoms. The van der Waals surface area contributed by atoms with Crippen molar-refractivity contribution < 1.29 is 20.1 Å². The fourth-order valence-corrected chi connectivity index (χ4v) is 2.68. The van der Waals surface area contributed by atoms with Gasteiger partial charge in [0.15, 0.2) is 6.10 Å². The Balaban J connectivity index is 3.24. The lowest BCUT2D eigenvalue weighted by Gasteiger charge is -2.10. The van der Waals surface area contributed by atoms with Crippen LogP contribution in [0.5, 0.6) is 0 Å². The summed E-state index contributed by atoms with van der Waals surface area (Å²) in [5.41, 5.74) is 0. The minimum absolute atomic E-state index is 0.153. The lowest BCUT2D eigenvalue weighted by Crippen LogP contribution is -2.18. The van der Waals surface area contributed by atoms with Crippen LogP contribution in [0, 0.1) is 0 Å². The molecule has 0 saturated carbocycles. The summed E-state index contributed by atoms with van der Waals surface area (Å²) in [6.45, 7) is 2.22. The molecule has 4 heteroatoms. The third-order valence-electron chi connectivity index (χ3n) is 4.19. The molecule has 0 aliphatic heterocycles. The molecule has 3 N–H and O–H groups in total. The molecule has 2 unspecified atom stereocenters. The van der Waals surface area contributed by atoms with Gasteiger partial charge in [0.2, 0.25) is 0 Å². The Labute approximate surface area is 135 Å². The number of carbonyl (C=O) groups is 1. The Morgan fingerprint density at radius 3 is 1.59 bits per heavy atom. The second-order valence-electron chi connectivity index (χ2n) is 6.41. The highest BCUT2D eigenvalue weighted by atomic mass is 16.4. The number of aliphatic hydroxyl groups is 2. The Kier molecular flexibility index (Phi) is 14.9. The number of carboxylic acids is 1. The van der Waals surface area contributed by atoms with Gasteiger partial charge < -0.3 is 15.3 Å². The molecule has 0 saturated heterocycles. The molecule has 0 aromatic carbocycles. The zero-order valence-corrected chi connectivity index (χ0v) is 14.3. The van der Waals surface area contributed by atoms with Crippen LogP contribution in [0.2, 0.25) is 0 Å². The Hall–Kier alpha value is -0.610. The molecule has 0 spiro atoms. The predicted molar refractivity (Wildman–Crippen MR) is 90.0 cm³/mol. The van der Waals surface area contributed by atoms with Gasteiger partial charge in [0.1, 0.15) is 0 Å². The normalized spacial score (nSPS) is 14.0. The van der Waals surface area contributed by atoms with E-state index < -0.39 is 12.1 Å². The van der Waals surface area contributed by atoms with E-state index in [1.165, 1.54) is 32.1 Å². The SMILES string of the molecule is CCCCCCCCC(O)CCCCCCCC(O)C(=O)O. The van der Waals surface area contributed by atoms with Crippen LogP contribution in [0.4, 0.5) is 0 Å². The van der Waals surface area contributed by atoms with E-state index in [9.17, 15) is 9.90 Å². The Morgan fingerprint density at radius 1 is 0.727 bits per heavy atom. The van der Waals surface area contributed by atoms with Gasteiger partial charge >= 0.3 is 5.97 Å². The Bertz CT molecular complexity index is 255. The summed E-state index contributed by atoms with van der Waals surface area (Å²) in [4.78, 5) is 10.4. The van der Waals surface area contributed by atoms with Crippen LogP contribution in [0.15, 0.2) is 0 Å². The summed E-state index contributed by atoms with van der Waals surface area (Å²) in [7, 11) is 0. The van der Waals surface area contributed by atoms with Crippen molar-refractivity contribution in [1.29, 1.82) is 0 Å². The number of rotatable bonds is 16. The van der Waals surface area contributed by atoms with Crippen molar-refractivity contribution in [2.24, 2.45) is 0 Å². The summed E-state index contributed by atoms with van der Waals surface area (Å²) in [5, 5.41) is 27.5. The minimum Gasteiger partial charge on any atom is -0.479 e. The van der Waals surface area contributed by atoms with Crippen LogP contribution in [-0.2, 0) is 4.79 Å². The highest BCUT2D eigenvalue weighted by Crippen LogP contribution is 2.14. The maximum Gasteiger partial charge on any atom is 0.332 e. The van der Waals surface area contributed by atoms with E-state index in [1.54, 1.807) is 0 Å². The average molecular weight is 316 g/mol. The summed E-state index contributed by atoms with van der Waals surface area (Å²) >= 11 is 0. The van der Waals surface area contributed by atoms with Crippen LogP contribution in [0.1, 0.15) is 96.8 Å². The number of hydrogen-bond acceptors (Lipinski definition) is 3. The van der Waals surface area contributed by atoms with Gasteiger partial charge in [-0.1, -0.05) is 77.6 Å². The topological polar surface area (TPSA) is 77.8 Å². The van der Waals surface area contributed by atoms with Gasteiger partial charge in [0.05, 0.1) is 6.10 Å². The lowest BCUT2D eigenvalue weighted by molar-refractivity contribution is -0.146. The van der Waals surface area contributed by atoms with Gasteiger partial charge in [-0.25, -0.2) is 4.79 Å². The maximum absolute atomic E-state index is 10.4. The first-order valence-electron chi connectivity index (χ1n) is 9.16. The van der Waals surface area contributed by atoms with Crippen molar-refractivity contribution in [3.63, 3.8) is 0 Å². The van der Waals surface area contributed by atoms with Crippen molar-refractivity contribution in [3.8, 4) is 0 Å². The molecule has 0 aliphatic carbocycles. The van der Waals surface area contributed by atoms with E-state index in [0.29, 0.717) is 6.42 Å². The molecule has 132 valence electrons. The fraction of sp³-hybridized carbons (Fsp3) is 0.944. The highest BCUT2D eigenvalue weighted by Gasteiger charge is 2.11. The molecular formula is C18H36O4. The van der Waals surface area contributed by atoms with Crippen LogP contribution in [0.3, 0.4) is 0 Å². The van der Waals surface area contributed by atoms with Gasteiger partial charge in [-0.15, -0.1) is 0 Å². The summed E-state index contributed by atoms with van der Waals surface area (Å²) in [6, 6.07) is 0. The van der Waals surface area contributed by atoms with Crippen LogP contribution >= 0.6 is 0 Å². The summed E-state index contributed by atoms with van der Waals surface area (Å²) in [6.07, 6.45) is 13.3. The standard InChI is InChI=1S/C18H36O4/c1-2-3-4-5-7-10-13-16(19)14-11-8-6-9-12-15-17(20)18(21)22/h16-17,19-20H,2-15H2,1H3,(H,21,22). The van der Waals surface area contributed by atoms with Gasteiger partial charge in [-0.05, 0) is 19.3 Å². The second-order valence-corrected chi connectivity index (χ2v) is 6.41. The molecule has 4 nitrogen and oxygen atoms in total. The number of aliphatic carboxylic acids is 1. The first kappa shape index (κ1) is 21.4.